The van der Waals surface area contributed by atoms with Gasteiger partial charge in [-0.15, -0.1) is 10.2 Å². The van der Waals surface area contributed by atoms with Crippen LogP contribution in [0.5, 0.6) is 5.75 Å². The first-order chi connectivity index (χ1) is 11.7. The molecule has 1 aromatic heterocycles. The lowest BCUT2D eigenvalue weighted by molar-refractivity contribution is 0.415. The molecule has 0 radical (unpaired) electrons. The highest BCUT2D eigenvalue weighted by molar-refractivity contribution is 7.16. The van der Waals surface area contributed by atoms with Crippen LogP contribution in [0, 0.1) is 0 Å². The molecule has 0 bridgehead atoms. The number of hydrogen-bond donors (Lipinski definition) is 0. The van der Waals surface area contributed by atoms with Crippen LogP contribution in [-0.2, 0) is 7.05 Å². The zero-order valence-electron chi connectivity index (χ0n) is 13.6. The molecule has 24 heavy (non-hydrogen) atoms. The third-order valence-electron chi connectivity index (χ3n) is 4.04. The number of aliphatic imine (C=N–C) groups is 1. The van der Waals surface area contributed by atoms with Crippen LogP contribution in [0.1, 0.15) is 12.5 Å². The third-order valence-corrected chi connectivity index (χ3v) is 5.13. The molecule has 120 valence electrons. The normalized spacial score (nSPS) is 15.9. The van der Waals surface area contributed by atoms with Gasteiger partial charge in [-0.3, -0.25) is 4.99 Å². The van der Waals surface area contributed by atoms with Crippen molar-refractivity contribution in [1.29, 1.82) is 0 Å². The van der Waals surface area contributed by atoms with E-state index in [0.29, 0.717) is 0 Å². The summed E-state index contributed by atoms with van der Waals surface area (Å²) in [5.41, 5.74) is 4.82. The summed E-state index contributed by atoms with van der Waals surface area (Å²) in [7, 11) is 3.67. The van der Waals surface area contributed by atoms with Crippen LogP contribution in [-0.4, -0.2) is 23.1 Å². The maximum absolute atomic E-state index is 5.29. The molecule has 0 unspecified atom stereocenters. The lowest BCUT2D eigenvalue weighted by atomic mass is 10.1. The van der Waals surface area contributed by atoms with Crippen LogP contribution in [0.2, 0.25) is 0 Å². The predicted molar refractivity (Wildman–Crippen MR) is 98.7 cm³/mol. The zero-order valence-corrected chi connectivity index (χ0v) is 14.5. The van der Waals surface area contributed by atoms with Crippen LogP contribution in [0.4, 0.5) is 5.69 Å². The minimum atomic E-state index is 0.834. The zero-order chi connectivity index (χ0) is 16.7. The Kier molecular flexibility index (Phi) is 3.54. The summed E-state index contributed by atoms with van der Waals surface area (Å²) in [5, 5.41) is 8.96. The van der Waals surface area contributed by atoms with Crippen molar-refractivity contribution in [2.45, 2.75) is 6.92 Å². The Bertz CT molecular complexity index is 1070. The van der Waals surface area contributed by atoms with Gasteiger partial charge < -0.3 is 9.30 Å². The third kappa shape index (κ3) is 2.35. The van der Waals surface area contributed by atoms with Crippen molar-refractivity contribution >= 4 is 38.7 Å². The number of thiazole rings is 1. The van der Waals surface area contributed by atoms with Crippen LogP contribution in [0.3, 0.4) is 0 Å². The summed E-state index contributed by atoms with van der Waals surface area (Å²) in [6, 6.07) is 14.0. The molecular formula is C18H16N4OS. The standard InChI is InChI=1S/C18H16N4OS/c1-11-17(13-6-4-5-7-14(13)19-11)20-21-18-22(2)15-9-8-12(23-3)10-16(15)24-18/h4-10H,1-3H3/b20-17-,21-18-. The Morgan fingerprint density at radius 1 is 1.12 bits per heavy atom. The summed E-state index contributed by atoms with van der Waals surface area (Å²) >= 11 is 1.59. The SMILES string of the molecule is COc1ccc2c(c1)s/c(=N\N=C1\C(C)=Nc3ccccc31)n2C. The number of aryl methyl sites for hydroxylation is 1. The Morgan fingerprint density at radius 3 is 2.79 bits per heavy atom. The fraction of sp³-hybridized carbons (Fsp3) is 0.167. The fourth-order valence-electron chi connectivity index (χ4n) is 2.76. The van der Waals surface area contributed by atoms with Crippen LogP contribution in [0.15, 0.2) is 57.7 Å². The summed E-state index contributed by atoms with van der Waals surface area (Å²) < 4.78 is 8.45. The number of ether oxygens (including phenoxy) is 1. The number of rotatable bonds is 2. The molecule has 0 saturated heterocycles. The quantitative estimate of drug-likeness (QED) is 0.659. The number of fused-ring (bicyclic) bond motifs is 2. The van der Waals surface area contributed by atoms with Gasteiger partial charge in [0.1, 0.15) is 11.5 Å². The molecule has 0 saturated carbocycles. The van der Waals surface area contributed by atoms with Crippen LogP contribution >= 0.6 is 11.3 Å². The minimum absolute atomic E-state index is 0.834. The molecule has 2 heterocycles. The highest BCUT2D eigenvalue weighted by atomic mass is 32.1. The van der Waals surface area contributed by atoms with E-state index in [1.807, 2.05) is 61.0 Å². The molecule has 2 aromatic carbocycles. The van der Waals surface area contributed by atoms with Crippen molar-refractivity contribution < 1.29 is 4.74 Å². The van der Waals surface area contributed by atoms with Gasteiger partial charge in [0.25, 0.3) is 0 Å². The van der Waals surface area contributed by atoms with Crippen molar-refractivity contribution in [1.82, 2.24) is 4.57 Å². The van der Waals surface area contributed by atoms with E-state index < -0.39 is 0 Å². The van der Waals surface area contributed by atoms with Gasteiger partial charge >= 0.3 is 0 Å². The number of benzene rings is 2. The Morgan fingerprint density at radius 2 is 1.96 bits per heavy atom. The summed E-state index contributed by atoms with van der Waals surface area (Å²) in [6.45, 7) is 1.96. The first-order valence-electron chi connectivity index (χ1n) is 7.57. The second-order valence-electron chi connectivity index (χ2n) is 5.54. The van der Waals surface area contributed by atoms with Gasteiger partial charge in [0.2, 0.25) is 4.80 Å². The lowest BCUT2D eigenvalue weighted by Crippen LogP contribution is -2.11. The molecule has 1 aliphatic heterocycles. The average Bonchev–Trinajstić information content (AvgIpc) is 3.09. The molecule has 5 nitrogen and oxygen atoms in total. The molecule has 0 amide bonds. The van der Waals surface area contributed by atoms with Gasteiger partial charge in [-0.2, -0.15) is 0 Å². The molecule has 0 N–H and O–H groups in total. The van der Waals surface area contributed by atoms with Crippen LogP contribution < -0.4 is 9.54 Å². The summed E-state index contributed by atoms with van der Waals surface area (Å²) in [6.07, 6.45) is 0. The number of hydrogen-bond acceptors (Lipinski definition) is 5. The number of nitrogens with zero attached hydrogens (tertiary/aromatic N) is 4. The minimum Gasteiger partial charge on any atom is -0.497 e. The molecule has 0 spiro atoms. The number of aromatic nitrogens is 1. The van der Waals surface area contributed by atoms with E-state index in [4.69, 9.17) is 4.74 Å². The summed E-state index contributed by atoms with van der Waals surface area (Å²) in [5.74, 6) is 0.843. The van der Waals surface area contributed by atoms with Crippen molar-refractivity contribution in [3.05, 3.63) is 52.8 Å². The molecule has 0 fully saturated rings. The van der Waals surface area contributed by atoms with Gasteiger partial charge in [0, 0.05) is 12.6 Å². The molecular weight excluding hydrogens is 320 g/mol. The van der Waals surface area contributed by atoms with Gasteiger partial charge in [-0.25, -0.2) is 0 Å². The maximum Gasteiger partial charge on any atom is 0.211 e. The highest BCUT2D eigenvalue weighted by Gasteiger charge is 2.18. The van der Waals surface area contributed by atoms with Crippen molar-refractivity contribution in [3.8, 4) is 5.75 Å². The Hall–Kier alpha value is -2.73. The summed E-state index contributed by atoms with van der Waals surface area (Å²) in [4.78, 5) is 5.38. The predicted octanol–water partition coefficient (Wildman–Crippen LogP) is 3.66. The highest BCUT2D eigenvalue weighted by Crippen LogP contribution is 2.26. The first-order valence-corrected chi connectivity index (χ1v) is 8.39. The van der Waals surface area contributed by atoms with Gasteiger partial charge in [0.05, 0.1) is 28.7 Å². The smallest absolute Gasteiger partial charge is 0.211 e. The van der Waals surface area contributed by atoms with Crippen molar-refractivity contribution in [2.75, 3.05) is 7.11 Å². The maximum atomic E-state index is 5.29. The second-order valence-corrected chi connectivity index (χ2v) is 6.55. The van der Waals surface area contributed by atoms with Gasteiger partial charge in [-0.05, 0) is 31.2 Å². The molecule has 3 aromatic rings. The molecule has 6 heteroatoms. The lowest BCUT2D eigenvalue weighted by Gasteiger charge is -1.99. The largest absolute Gasteiger partial charge is 0.497 e. The van der Waals surface area contributed by atoms with E-state index in [9.17, 15) is 0 Å². The topological polar surface area (TPSA) is 51.2 Å². The number of para-hydroxylation sites is 1. The van der Waals surface area contributed by atoms with E-state index in [0.717, 1.165) is 43.4 Å². The molecule has 0 atom stereocenters. The first kappa shape index (κ1) is 14.8. The van der Waals surface area contributed by atoms with Gasteiger partial charge in [-0.1, -0.05) is 29.5 Å². The Labute approximate surface area is 143 Å². The molecule has 0 aliphatic carbocycles. The van der Waals surface area contributed by atoms with Crippen molar-refractivity contribution in [2.24, 2.45) is 22.2 Å². The van der Waals surface area contributed by atoms with E-state index in [1.54, 1.807) is 18.4 Å². The monoisotopic (exact) mass is 336 g/mol. The fourth-order valence-corrected chi connectivity index (χ4v) is 3.75. The van der Waals surface area contributed by atoms with E-state index in [1.165, 1.54) is 0 Å². The van der Waals surface area contributed by atoms with E-state index in [2.05, 4.69) is 15.2 Å². The second kappa shape index (κ2) is 5.72. The van der Waals surface area contributed by atoms with Crippen molar-refractivity contribution in [3.63, 3.8) is 0 Å². The average molecular weight is 336 g/mol. The molecule has 1 aliphatic rings. The van der Waals surface area contributed by atoms with E-state index >= 15 is 0 Å². The van der Waals surface area contributed by atoms with Crippen LogP contribution in [0.25, 0.3) is 10.2 Å². The molecule has 4 rings (SSSR count). The number of methoxy groups -OCH3 is 1. The van der Waals surface area contributed by atoms with E-state index in [-0.39, 0.29) is 0 Å². The van der Waals surface area contributed by atoms with Gasteiger partial charge in [0.15, 0.2) is 0 Å². The Balaban J connectivity index is 1.84.